The van der Waals surface area contributed by atoms with Crippen molar-refractivity contribution in [3.8, 4) is 5.75 Å². The van der Waals surface area contributed by atoms with Crippen molar-refractivity contribution >= 4 is 41.2 Å². The number of carbonyl (C=O) groups excluding carboxylic acids is 1. The Labute approximate surface area is 166 Å². The van der Waals surface area contributed by atoms with Crippen molar-refractivity contribution in [1.82, 2.24) is 5.32 Å². The second kappa shape index (κ2) is 10.7. The minimum atomic E-state index is -1.11. The Morgan fingerprint density at radius 3 is 2.59 bits per heavy atom. The van der Waals surface area contributed by atoms with Crippen LogP contribution in [0.25, 0.3) is 6.08 Å². The van der Waals surface area contributed by atoms with Crippen LogP contribution >= 0.6 is 23.2 Å². The molecule has 1 aromatic rings. The van der Waals surface area contributed by atoms with Crippen molar-refractivity contribution in [1.29, 1.82) is 0 Å². The van der Waals surface area contributed by atoms with E-state index in [4.69, 9.17) is 33.0 Å². The second-order valence-corrected chi connectivity index (χ2v) is 6.36. The highest BCUT2D eigenvalue weighted by molar-refractivity contribution is 6.43. The molecule has 0 aromatic heterocycles. The van der Waals surface area contributed by atoms with E-state index in [1.807, 2.05) is 0 Å². The molecule has 2 N–H and O–H groups in total. The van der Waals surface area contributed by atoms with Crippen molar-refractivity contribution in [2.24, 2.45) is 0 Å². The molecule has 0 saturated carbocycles. The van der Waals surface area contributed by atoms with E-state index in [9.17, 15) is 19.7 Å². The topological polar surface area (TPSA) is 119 Å². The van der Waals surface area contributed by atoms with Crippen LogP contribution in [0.1, 0.15) is 38.7 Å². The van der Waals surface area contributed by atoms with Crippen molar-refractivity contribution in [3.05, 3.63) is 43.6 Å². The van der Waals surface area contributed by atoms with Gasteiger partial charge in [-0.3, -0.25) is 19.7 Å². The van der Waals surface area contributed by atoms with Crippen LogP contribution in [0, 0.1) is 10.1 Å². The summed E-state index contributed by atoms with van der Waals surface area (Å²) in [7, 11) is 0. The maximum absolute atomic E-state index is 11.6. The summed E-state index contributed by atoms with van der Waals surface area (Å²) in [5.41, 5.74) is 0.410. The van der Waals surface area contributed by atoms with Gasteiger partial charge in [-0.25, -0.2) is 0 Å². The molecular weight excluding hydrogens is 399 g/mol. The summed E-state index contributed by atoms with van der Waals surface area (Å²) in [5.74, 6) is -1.22. The standard InChI is InChI=1S/C17H20Cl2N2O6/c1-3-12(21(25)26)9-11-6-7-13(16(19)15(11)18)27-8-4-5-14(22)20-10(2)17(23)24/h6-7,9-10H,3-5,8H2,1-2H3,(H,20,22)(H,23,24)/t10-/m0/s1. The number of halogens is 2. The molecular formula is C17H20Cl2N2O6. The third kappa shape index (κ3) is 7.07. The van der Waals surface area contributed by atoms with E-state index < -0.39 is 22.8 Å². The zero-order valence-corrected chi connectivity index (χ0v) is 16.3. The molecule has 0 spiro atoms. The summed E-state index contributed by atoms with van der Waals surface area (Å²) in [6.45, 7) is 3.20. The largest absolute Gasteiger partial charge is 0.492 e. The summed E-state index contributed by atoms with van der Waals surface area (Å²) in [5, 5.41) is 22.2. The minimum absolute atomic E-state index is 0.00300. The number of benzene rings is 1. The Bertz CT molecular complexity index is 751. The predicted octanol–water partition coefficient (Wildman–Crippen LogP) is 3.77. The SMILES string of the molecule is CCC(=Cc1ccc(OCCCC(=O)N[C@@H](C)C(=O)O)c(Cl)c1Cl)[N+](=O)[O-]. The normalized spacial score (nSPS) is 12.4. The number of ether oxygens (including phenoxy) is 1. The highest BCUT2D eigenvalue weighted by Gasteiger charge is 2.15. The summed E-state index contributed by atoms with van der Waals surface area (Å²) in [6, 6.07) is 2.14. The van der Waals surface area contributed by atoms with E-state index in [1.54, 1.807) is 19.1 Å². The Morgan fingerprint density at radius 1 is 1.37 bits per heavy atom. The average molecular weight is 419 g/mol. The summed E-state index contributed by atoms with van der Waals surface area (Å²) in [6.07, 6.45) is 2.02. The third-order valence-corrected chi connectivity index (χ3v) is 4.43. The average Bonchev–Trinajstić information content (AvgIpc) is 2.60. The molecule has 0 aliphatic rings. The Balaban J connectivity index is 2.65. The molecule has 10 heteroatoms. The van der Waals surface area contributed by atoms with E-state index in [2.05, 4.69) is 5.32 Å². The number of nitrogens with one attached hydrogen (secondary N) is 1. The number of nitro groups is 1. The molecule has 0 saturated heterocycles. The van der Waals surface area contributed by atoms with E-state index >= 15 is 0 Å². The molecule has 1 aromatic carbocycles. The van der Waals surface area contributed by atoms with Gasteiger partial charge in [0.05, 0.1) is 16.6 Å². The summed E-state index contributed by atoms with van der Waals surface area (Å²) < 4.78 is 5.49. The Morgan fingerprint density at radius 2 is 2.04 bits per heavy atom. The lowest BCUT2D eigenvalue weighted by Crippen LogP contribution is -2.38. The predicted molar refractivity (Wildman–Crippen MR) is 102 cm³/mol. The molecule has 0 fully saturated rings. The monoisotopic (exact) mass is 418 g/mol. The number of carboxylic acid groups (broad SMARTS) is 1. The highest BCUT2D eigenvalue weighted by Crippen LogP contribution is 2.36. The van der Waals surface area contributed by atoms with Crippen molar-refractivity contribution < 1.29 is 24.4 Å². The molecule has 0 heterocycles. The lowest BCUT2D eigenvalue weighted by Gasteiger charge is -2.11. The maximum atomic E-state index is 11.6. The van der Waals surface area contributed by atoms with Crippen molar-refractivity contribution in [2.75, 3.05) is 6.61 Å². The van der Waals surface area contributed by atoms with Crippen LogP contribution in [-0.2, 0) is 9.59 Å². The van der Waals surface area contributed by atoms with Gasteiger partial charge in [-0.05, 0) is 25.5 Å². The molecule has 0 aliphatic carbocycles. The van der Waals surface area contributed by atoms with Gasteiger partial charge in [0.1, 0.15) is 16.8 Å². The first-order valence-electron chi connectivity index (χ1n) is 8.15. The zero-order valence-electron chi connectivity index (χ0n) is 14.8. The fourth-order valence-electron chi connectivity index (χ4n) is 2.02. The van der Waals surface area contributed by atoms with Gasteiger partial charge in [0, 0.05) is 24.5 Å². The van der Waals surface area contributed by atoms with Gasteiger partial charge in [0.25, 0.3) is 0 Å². The minimum Gasteiger partial charge on any atom is -0.492 e. The first-order chi connectivity index (χ1) is 12.7. The number of aliphatic carboxylic acids is 1. The van der Waals surface area contributed by atoms with Gasteiger partial charge in [-0.2, -0.15) is 0 Å². The number of allylic oxidation sites excluding steroid dienone is 1. The third-order valence-electron chi connectivity index (χ3n) is 3.55. The highest BCUT2D eigenvalue weighted by atomic mass is 35.5. The number of carbonyl (C=O) groups is 2. The van der Waals surface area contributed by atoms with Gasteiger partial charge in [0.15, 0.2) is 0 Å². The Kier molecular flexibility index (Phi) is 9.04. The first-order valence-corrected chi connectivity index (χ1v) is 8.90. The van der Waals surface area contributed by atoms with Crippen LogP contribution in [0.5, 0.6) is 5.75 Å². The van der Waals surface area contributed by atoms with Gasteiger partial charge in [-0.1, -0.05) is 30.1 Å². The maximum Gasteiger partial charge on any atom is 0.325 e. The lowest BCUT2D eigenvalue weighted by atomic mass is 10.1. The van der Waals surface area contributed by atoms with Crippen molar-refractivity contribution in [2.45, 2.75) is 39.2 Å². The number of hydrogen-bond acceptors (Lipinski definition) is 5. The van der Waals surface area contributed by atoms with Gasteiger partial charge in [-0.15, -0.1) is 0 Å². The molecule has 27 heavy (non-hydrogen) atoms. The molecule has 1 rings (SSSR count). The van der Waals surface area contributed by atoms with Gasteiger partial charge >= 0.3 is 5.97 Å². The van der Waals surface area contributed by atoms with Crippen LogP contribution in [-0.4, -0.2) is 34.6 Å². The molecule has 0 unspecified atom stereocenters. The number of hydrogen-bond donors (Lipinski definition) is 2. The summed E-state index contributed by atoms with van der Waals surface area (Å²) in [4.78, 5) is 32.7. The fraction of sp³-hybridized carbons (Fsp3) is 0.412. The Hall–Kier alpha value is -2.32. The first kappa shape index (κ1) is 22.7. The van der Waals surface area contributed by atoms with Crippen LogP contribution in [0.2, 0.25) is 10.0 Å². The van der Waals surface area contributed by atoms with E-state index in [0.717, 1.165) is 0 Å². The van der Waals surface area contributed by atoms with E-state index in [0.29, 0.717) is 12.0 Å². The number of rotatable bonds is 10. The number of carboxylic acids is 1. The number of nitrogens with zero attached hydrogens (tertiary/aromatic N) is 1. The van der Waals surface area contributed by atoms with Crippen molar-refractivity contribution in [3.63, 3.8) is 0 Å². The lowest BCUT2D eigenvalue weighted by molar-refractivity contribution is -0.425. The molecule has 1 atom stereocenters. The molecule has 1 amide bonds. The van der Waals surface area contributed by atoms with E-state index in [1.165, 1.54) is 13.0 Å². The zero-order chi connectivity index (χ0) is 20.6. The smallest absolute Gasteiger partial charge is 0.325 e. The number of amides is 1. The quantitative estimate of drug-likeness (QED) is 0.339. The van der Waals surface area contributed by atoms with E-state index in [-0.39, 0.29) is 40.9 Å². The van der Waals surface area contributed by atoms with Crippen LogP contribution in [0.15, 0.2) is 17.8 Å². The molecule has 8 nitrogen and oxygen atoms in total. The van der Waals surface area contributed by atoms with Crippen LogP contribution in [0.3, 0.4) is 0 Å². The molecule has 148 valence electrons. The van der Waals surface area contributed by atoms with Gasteiger partial charge in [0.2, 0.25) is 11.6 Å². The fourth-order valence-corrected chi connectivity index (χ4v) is 2.46. The molecule has 0 aliphatic heterocycles. The van der Waals surface area contributed by atoms with Gasteiger partial charge < -0.3 is 15.2 Å². The van der Waals surface area contributed by atoms with Crippen LogP contribution < -0.4 is 10.1 Å². The second-order valence-electron chi connectivity index (χ2n) is 5.61. The summed E-state index contributed by atoms with van der Waals surface area (Å²) >= 11 is 12.3. The molecule has 0 bridgehead atoms. The molecule has 0 radical (unpaired) electrons. The van der Waals surface area contributed by atoms with Crippen LogP contribution in [0.4, 0.5) is 0 Å².